The Kier molecular flexibility index (Phi) is 6.20. The van der Waals surface area contributed by atoms with Gasteiger partial charge in [-0.2, -0.15) is 0 Å². The van der Waals surface area contributed by atoms with Crippen LogP contribution in [0.5, 0.6) is 0 Å². The first-order valence-electron chi connectivity index (χ1n) is 13.5. The molecule has 2 heterocycles. The van der Waals surface area contributed by atoms with Crippen LogP contribution >= 0.6 is 11.3 Å². The largest absolute Gasteiger partial charge is 0.292 e. The van der Waals surface area contributed by atoms with Crippen LogP contribution in [-0.4, -0.2) is 9.55 Å². The summed E-state index contributed by atoms with van der Waals surface area (Å²) in [5, 5.41) is 3.56. The molecule has 2 aromatic heterocycles. The number of aromatic nitrogens is 2. The highest BCUT2D eigenvalue weighted by atomic mass is 32.1. The van der Waals surface area contributed by atoms with Crippen molar-refractivity contribution in [2.45, 2.75) is 46.5 Å². The van der Waals surface area contributed by atoms with Crippen molar-refractivity contribution in [2.24, 2.45) is 5.92 Å². The molecule has 0 spiro atoms. The minimum absolute atomic E-state index is 0.155. The van der Waals surface area contributed by atoms with Gasteiger partial charge in [0.1, 0.15) is 5.82 Å². The van der Waals surface area contributed by atoms with Gasteiger partial charge in [0.05, 0.1) is 11.0 Å². The number of fused-ring (bicyclic) bond motifs is 2. The van der Waals surface area contributed by atoms with Gasteiger partial charge in [0.15, 0.2) is 0 Å². The van der Waals surface area contributed by atoms with Gasteiger partial charge >= 0.3 is 0 Å². The highest BCUT2D eigenvalue weighted by Crippen LogP contribution is 2.38. The Morgan fingerprint density at radius 1 is 0.816 bits per heavy atom. The van der Waals surface area contributed by atoms with Crippen LogP contribution in [0.2, 0.25) is 0 Å². The lowest BCUT2D eigenvalue weighted by Gasteiger charge is -2.19. The van der Waals surface area contributed by atoms with E-state index in [1.54, 1.807) is 11.3 Å². The van der Waals surface area contributed by atoms with Gasteiger partial charge in [-0.3, -0.25) is 4.57 Å². The summed E-state index contributed by atoms with van der Waals surface area (Å²) in [6, 6.07) is 33.2. The van der Waals surface area contributed by atoms with E-state index in [0.29, 0.717) is 5.92 Å². The van der Waals surface area contributed by atoms with Gasteiger partial charge in [-0.1, -0.05) is 89.2 Å². The molecule has 0 fully saturated rings. The third kappa shape index (κ3) is 4.56. The van der Waals surface area contributed by atoms with E-state index in [2.05, 4.69) is 136 Å². The number of benzene rings is 4. The van der Waals surface area contributed by atoms with E-state index in [4.69, 9.17) is 4.98 Å². The molecule has 0 bridgehead atoms. The first kappa shape index (κ1) is 24.6. The summed E-state index contributed by atoms with van der Waals surface area (Å²) in [7, 11) is 0. The summed E-state index contributed by atoms with van der Waals surface area (Å²) < 4.78 is 3.62. The summed E-state index contributed by atoms with van der Waals surface area (Å²) in [6.07, 6.45) is 1.08. The Morgan fingerprint density at radius 2 is 1.50 bits per heavy atom. The maximum Gasteiger partial charge on any atom is 0.147 e. The van der Waals surface area contributed by atoms with Crippen molar-refractivity contribution in [3.8, 4) is 28.2 Å². The molecule has 2 nitrogen and oxygen atoms in total. The molecule has 0 aliphatic rings. The van der Waals surface area contributed by atoms with Crippen molar-refractivity contribution in [1.82, 2.24) is 9.55 Å². The Morgan fingerprint density at radius 3 is 2.18 bits per heavy atom. The number of hydrogen-bond donors (Lipinski definition) is 0. The minimum atomic E-state index is 0.155. The second kappa shape index (κ2) is 9.56. The number of nitrogens with zero attached hydrogens (tertiary/aromatic N) is 2. The van der Waals surface area contributed by atoms with Gasteiger partial charge in [0.25, 0.3) is 0 Å². The molecule has 0 unspecified atom stereocenters. The van der Waals surface area contributed by atoms with Gasteiger partial charge in [-0.25, -0.2) is 4.98 Å². The van der Waals surface area contributed by atoms with Gasteiger partial charge in [-0.15, -0.1) is 11.3 Å². The first-order valence-corrected chi connectivity index (χ1v) is 14.4. The Hall–Kier alpha value is -3.69. The molecule has 4 aromatic carbocycles. The van der Waals surface area contributed by atoms with Crippen LogP contribution in [0.1, 0.15) is 45.7 Å². The summed E-state index contributed by atoms with van der Waals surface area (Å²) in [6.45, 7) is 11.3. The van der Waals surface area contributed by atoms with Crippen molar-refractivity contribution in [1.29, 1.82) is 0 Å². The van der Waals surface area contributed by atoms with Crippen LogP contribution in [0.25, 0.3) is 49.3 Å². The zero-order valence-electron chi connectivity index (χ0n) is 22.8. The van der Waals surface area contributed by atoms with Crippen LogP contribution in [0, 0.1) is 5.92 Å². The van der Waals surface area contributed by atoms with E-state index in [1.165, 1.54) is 37.9 Å². The van der Waals surface area contributed by atoms with Crippen molar-refractivity contribution >= 4 is 32.5 Å². The third-order valence-electron chi connectivity index (χ3n) is 7.29. The zero-order chi connectivity index (χ0) is 26.4. The summed E-state index contributed by atoms with van der Waals surface area (Å²) in [4.78, 5) is 5.16. The molecule has 6 rings (SSSR count). The molecule has 0 aliphatic heterocycles. The van der Waals surface area contributed by atoms with Crippen molar-refractivity contribution in [3.05, 3.63) is 108 Å². The Bertz CT molecular complexity index is 1730. The summed E-state index contributed by atoms with van der Waals surface area (Å²) in [5.74, 6) is 1.63. The summed E-state index contributed by atoms with van der Waals surface area (Å²) in [5.41, 5.74) is 9.83. The second-order valence-electron chi connectivity index (χ2n) is 11.7. The van der Waals surface area contributed by atoms with Gasteiger partial charge in [0, 0.05) is 26.7 Å². The molecule has 0 aliphatic carbocycles. The second-order valence-corrected chi connectivity index (χ2v) is 12.6. The first-order chi connectivity index (χ1) is 18.3. The minimum Gasteiger partial charge on any atom is -0.292 e. The monoisotopic (exact) mass is 514 g/mol. The normalized spacial score (nSPS) is 12.2. The SMILES string of the molecule is CC(C)Cc1ccc2scc(-c3nc4ccccc4n3-c3ccc(-c4ccc(C(C)(C)C)cc4)cc3)c2c1. The molecule has 0 atom stereocenters. The predicted molar refractivity (Wildman–Crippen MR) is 165 cm³/mol. The van der Waals surface area contributed by atoms with E-state index in [9.17, 15) is 0 Å². The fourth-order valence-corrected chi connectivity index (χ4v) is 6.20. The van der Waals surface area contributed by atoms with Gasteiger partial charge in [0.2, 0.25) is 0 Å². The number of para-hydroxylation sites is 2. The molecule has 6 aromatic rings. The van der Waals surface area contributed by atoms with Crippen molar-refractivity contribution < 1.29 is 0 Å². The highest BCUT2D eigenvalue weighted by molar-refractivity contribution is 7.17. The topological polar surface area (TPSA) is 17.8 Å². The number of thiophene rings is 1. The van der Waals surface area contributed by atoms with Crippen LogP contribution < -0.4 is 0 Å². The molecule has 0 amide bonds. The zero-order valence-corrected chi connectivity index (χ0v) is 23.6. The number of rotatable bonds is 5. The van der Waals surface area contributed by atoms with Crippen LogP contribution in [0.15, 0.2) is 96.4 Å². The summed E-state index contributed by atoms with van der Waals surface area (Å²) >= 11 is 1.80. The molecule has 3 heteroatoms. The Balaban J connectivity index is 1.45. The fraction of sp³-hybridized carbons (Fsp3) is 0.229. The van der Waals surface area contributed by atoms with E-state index in [0.717, 1.165) is 29.0 Å². The van der Waals surface area contributed by atoms with Crippen LogP contribution in [-0.2, 0) is 11.8 Å². The van der Waals surface area contributed by atoms with Gasteiger partial charge in [-0.05, 0) is 76.4 Å². The molecule has 38 heavy (non-hydrogen) atoms. The molecule has 0 saturated carbocycles. The molecule has 190 valence electrons. The standard InChI is InChI=1S/C35H34N2S/c1-23(2)20-24-10-19-33-29(21-24)30(22-38-33)34-36-31-8-6-7-9-32(31)37(34)28-17-13-26(14-18-28)25-11-15-27(16-12-25)35(3,4)5/h6-19,21-23H,20H2,1-5H3. The van der Waals surface area contributed by atoms with E-state index < -0.39 is 0 Å². The predicted octanol–water partition coefficient (Wildman–Crippen LogP) is 10.1. The lowest BCUT2D eigenvalue weighted by Crippen LogP contribution is -2.10. The highest BCUT2D eigenvalue weighted by Gasteiger charge is 2.18. The average molecular weight is 515 g/mol. The van der Waals surface area contributed by atoms with E-state index in [-0.39, 0.29) is 5.41 Å². The maximum atomic E-state index is 5.16. The lowest BCUT2D eigenvalue weighted by atomic mass is 9.86. The van der Waals surface area contributed by atoms with Crippen molar-refractivity contribution in [2.75, 3.05) is 0 Å². The van der Waals surface area contributed by atoms with Gasteiger partial charge < -0.3 is 0 Å². The number of imidazole rings is 1. The third-order valence-corrected chi connectivity index (χ3v) is 8.26. The van der Waals surface area contributed by atoms with Crippen molar-refractivity contribution in [3.63, 3.8) is 0 Å². The molecule has 0 radical (unpaired) electrons. The smallest absolute Gasteiger partial charge is 0.147 e. The molecular formula is C35H34N2S. The van der Waals surface area contributed by atoms with Crippen LogP contribution in [0.4, 0.5) is 0 Å². The van der Waals surface area contributed by atoms with E-state index >= 15 is 0 Å². The quantitative estimate of drug-likeness (QED) is 0.224. The molecule has 0 N–H and O–H groups in total. The number of hydrogen-bond acceptors (Lipinski definition) is 2. The van der Waals surface area contributed by atoms with Crippen LogP contribution in [0.3, 0.4) is 0 Å². The maximum absolute atomic E-state index is 5.16. The lowest BCUT2D eigenvalue weighted by molar-refractivity contribution is 0.590. The van der Waals surface area contributed by atoms with E-state index in [1.807, 2.05) is 0 Å². The average Bonchev–Trinajstić information content (AvgIpc) is 3.49. The molecular weight excluding hydrogens is 480 g/mol. The fourth-order valence-electron chi connectivity index (χ4n) is 5.28. The Labute approximate surface area is 229 Å². The molecule has 0 saturated heterocycles.